The lowest BCUT2D eigenvalue weighted by atomic mass is 10.0. The molecule has 2 aromatic rings. The van der Waals surface area contributed by atoms with E-state index in [-0.39, 0.29) is 0 Å². The van der Waals surface area contributed by atoms with Gasteiger partial charge in [-0.3, -0.25) is 4.79 Å². The van der Waals surface area contributed by atoms with Crippen molar-refractivity contribution in [2.24, 2.45) is 5.92 Å². The highest BCUT2D eigenvalue weighted by molar-refractivity contribution is 7.09. The summed E-state index contributed by atoms with van der Waals surface area (Å²) in [7, 11) is 0. The number of aromatic nitrogens is 1. The van der Waals surface area contributed by atoms with Crippen LogP contribution in [0.2, 0.25) is 0 Å². The summed E-state index contributed by atoms with van der Waals surface area (Å²) >= 11 is 1.53. The zero-order valence-electron chi connectivity index (χ0n) is 11.3. The first-order valence-electron chi connectivity index (χ1n) is 6.22. The van der Waals surface area contributed by atoms with Gasteiger partial charge in [0.15, 0.2) is 0 Å². The Morgan fingerprint density at radius 1 is 1.42 bits per heavy atom. The molecule has 3 nitrogen and oxygen atoms in total. The molecule has 0 amide bonds. The van der Waals surface area contributed by atoms with Gasteiger partial charge in [-0.1, -0.05) is 30.7 Å². The van der Waals surface area contributed by atoms with Crippen LogP contribution in [0.15, 0.2) is 23.6 Å². The molecule has 0 radical (unpaired) electrons. The number of carbonyl (C=O) groups is 1. The summed E-state index contributed by atoms with van der Waals surface area (Å²) in [4.78, 5) is 15.4. The minimum Gasteiger partial charge on any atom is -0.481 e. The minimum atomic E-state index is -0.775. The number of hydrogen-bond acceptors (Lipinski definition) is 3. The van der Waals surface area contributed by atoms with Crippen LogP contribution in [0.3, 0.4) is 0 Å². The Morgan fingerprint density at radius 3 is 2.79 bits per heavy atom. The molecule has 0 saturated carbocycles. The van der Waals surface area contributed by atoms with Crippen LogP contribution in [0.1, 0.15) is 23.1 Å². The highest BCUT2D eigenvalue weighted by atomic mass is 32.1. The smallest absolute Gasteiger partial charge is 0.306 e. The molecule has 19 heavy (non-hydrogen) atoms. The van der Waals surface area contributed by atoms with Crippen molar-refractivity contribution in [2.45, 2.75) is 27.2 Å². The Labute approximate surface area is 116 Å². The molecule has 0 fully saturated rings. The second-order valence-corrected chi connectivity index (χ2v) is 5.83. The first kappa shape index (κ1) is 13.7. The number of hydrogen-bond donors (Lipinski definition) is 1. The molecule has 100 valence electrons. The lowest BCUT2D eigenvalue weighted by Crippen LogP contribution is -2.11. The molecule has 1 heterocycles. The molecule has 0 spiro atoms. The van der Waals surface area contributed by atoms with E-state index in [1.807, 2.05) is 5.38 Å². The average Bonchev–Trinajstić information content (AvgIpc) is 2.77. The molecule has 0 aliphatic heterocycles. The maximum atomic E-state index is 10.8. The first-order valence-corrected chi connectivity index (χ1v) is 7.10. The van der Waals surface area contributed by atoms with E-state index >= 15 is 0 Å². The highest BCUT2D eigenvalue weighted by Crippen LogP contribution is 2.26. The van der Waals surface area contributed by atoms with E-state index in [4.69, 9.17) is 5.11 Å². The van der Waals surface area contributed by atoms with Crippen molar-refractivity contribution < 1.29 is 9.90 Å². The molecule has 0 bridgehead atoms. The minimum absolute atomic E-state index is 0.391. The van der Waals surface area contributed by atoms with Crippen molar-refractivity contribution in [2.75, 3.05) is 0 Å². The Hall–Kier alpha value is -1.68. The SMILES string of the molecule is Cc1ccc(-c2csc(CC(C)C(=O)O)n2)c(C)c1. The van der Waals surface area contributed by atoms with Crippen LogP contribution >= 0.6 is 11.3 Å². The number of aryl methyl sites for hydroxylation is 2. The Kier molecular flexibility index (Phi) is 4.00. The van der Waals surface area contributed by atoms with E-state index < -0.39 is 11.9 Å². The number of benzene rings is 1. The lowest BCUT2D eigenvalue weighted by molar-refractivity contribution is -0.141. The second kappa shape index (κ2) is 5.53. The van der Waals surface area contributed by atoms with Crippen LogP contribution in [0.25, 0.3) is 11.3 Å². The van der Waals surface area contributed by atoms with Gasteiger partial charge in [-0.25, -0.2) is 4.98 Å². The summed E-state index contributed by atoms with van der Waals surface area (Å²) < 4.78 is 0. The molecule has 2 rings (SSSR count). The van der Waals surface area contributed by atoms with E-state index in [2.05, 4.69) is 37.0 Å². The molecule has 4 heteroatoms. The molecule has 1 aromatic heterocycles. The van der Waals surface area contributed by atoms with Gasteiger partial charge >= 0.3 is 5.97 Å². The summed E-state index contributed by atoms with van der Waals surface area (Å²) in [5, 5.41) is 11.8. The third-order valence-electron chi connectivity index (χ3n) is 3.11. The largest absolute Gasteiger partial charge is 0.481 e. The van der Waals surface area contributed by atoms with Gasteiger partial charge in [-0.05, 0) is 19.4 Å². The van der Waals surface area contributed by atoms with Crippen LogP contribution < -0.4 is 0 Å². The van der Waals surface area contributed by atoms with Crippen molar-refractivity contribution in [3.63, 3.8) is 0 Å². The van der Waals surface area contributed by atoms with Crippen molar-refractivity contribution >= 4 is 17.3 Å². The van der Waals surface area contributed by atoms with Gasteiger partial charge in [0.05, 0.1) is 16.6 Å². The molecule has 1 aromatic carbocycles. The average molecular weight is 275 g/mol. The molecule has 1 unspecified atom stereocenters. The number of carboxylic acid groups (broad SMARTS) is 1. The highest BCUT2D eigenvalue weighted by Gasteiger charge is 2.15. The fourth-order valence-corrected chi connectivity index (χ4v) is 2.90. The first-order chi connectivity index (χ1) is 8.97. The number of rotatable bonds is 4. The van der Waals surface area contributed by atoms with Crippen molar-refractivity contribution in [1.29, 1.82) is 0 Å². The predicted octanol–water partition coefficient (Wildman–Crippen LogP) is 3.69. The van der Waals surface area contributed by atoms with E-state index in [1.165, 1.54) is 22.5 Å². The third-order valence-corrected chi connectivity index (χ3v) is 3.98. The zero-order valence-corrected chi connectivity index (χ0v) is 12.1. The Morgan fingerprint density at radius 2 is 2.16 bits per heavy atom. The third kappa shape index (κ3) is 3.20. The maximum Gasteiger partial charge on any atom is 0.306 e. The maximum absolute atomic E-state index is 10.8. The van der Waals surface area contributed by atoms with Crippen LogP contribution in [0.5, 0.6) is 0 Å². The van der Waals surface area contributed by atoms with Gasteiger partial charge in [0.2, 0.25) is 0 Å². The van der Waals surface area contributed by atoms with Crippen LogP contribution in [0, 0.1) is 19.8 Å². The van der Waals surface area contributed by atoms with Gasteiger partial charge in [0.25, 0.3) is 0 Å². The topological polar surface area (TPSA) is 50.2 Å². The lowest BCUT2D eigenvalue weighted by Gasteiger charge is -2.04. The molecular weight excluding hydrogens is 258 g/mol. The standard InChI is InChI=1S/C15H17NO2S/c1-9-4-5-12(10(2)6-9)13-8-19-14(16-13)7-11(3)15(17)18/h4-6,8,11H,7H2,1-3H3,(H,17,18). The van der Waals surface area contributed by atoms with Crippen molar-refractivity contribution in [3.05, 3.63) is 39.7 Å². The van der Waals surface area contributed by atoms with Crippen molar-refractivity contribution in [3.8, 4) is 11.3 Å². The van der Waals surface area contributed by atoms with E-state index in [0.717, 1.165) is 16.3 Å². The zero-order chi connectivity index (χ0) is 14.0. The molecule has 0 aliphatic carbocycles. The van der Waals surface area contributed by atoms with Crippen molar-refractivity contribution in [1.82, 2.24) is 4.98 Å². The van der Waals surface area contributed by atoms with Gasteiger partial charge in [0.1, 0.15) is 0 Å². The summed E-state index contributed by atoms with van der Waals surface area (Å²) in [5.74, 6) is -1.17. The van der Waals surface area contributed by atoms with Crippen LogP contribution in [0.4, 0.5) is 0 Å². The van der Waals surface area contributed by atoms with Gasteiger partial charge < -0.3 is 5.11 Å². The van der Waals surface area contributed by atoms with E-state index in [9.17, 15) is 4.79 Å². The van der Waals surface area contributed by atoms with Gasteiger partial charge in [-0.15, -0.1) is 11.3 Å². The monoisotopic (exact) mass is 275 g/mol. The number of carboxylic acids is 1. The van der Waals surface area contributed by atoms with Crippen LogP contribution in [-0.2, 0) is 11.2 Å². The fraction of sp³-hybridized carbons (Fsp3) is 0.333. The summed E-state index contributed by atoms with van der Waals surface area (Å²) in [6.45, 7) is 5.85. The second-order valence-electron chi connectivity index (χ2n) is 4.89. The quantitative estimate of drug-likeness (QED) is 0.925. The molecule has 0 saturated heterocycles. The summed E-state index contributed by atoms with van der Waals surface area (Å²) in [6.07, 6.45) is 0.491. The number of aliphatic carboxylic acids is 1. The number of thiazole rings is 1. The predicted molar refractivity (Wildman–Crippen MR) is 77.5 cm³/mol. The van der Waals surface area contributed by atoms with Gasteiger partial charge in [-0.2, -0.15) is 0 Å². The summed E-state index contributed by atoms with van der Waals surface area (Å²) in [6, 6.07) is 6.28. The molecular formula is C15H17NO2S. The normalized spacial score (nSPS) is 12.4. The summed E-state index contributed by atoms with van der Waals surface area (Å²) in [5.41, 5.74) is 4.49. The van der Waals surface area contributed by atoms with E-state index in [1.54, 1.807) is 6.92 Å². The number of nitrogens with zero attached hydrogens (tertiary/aromatic N) is 1. The Bertz CT molecular complexity index is 604. The molecule has 1 atom stereocenters. The Balaban J connectivity index is 2.23. The fourth-order valence-electron chi connectivity index (χ4n) is 1.98. The van der Waals surface area contributed by atoms with Crippen LogP contribution in [-0.4, -0.2) is 16.1 Å². The molecule has 0 aliphatic rings. The van der Waals surface area contributed by atoms with Gasteiger partial charge in [0, 0.05) is 17.4 Å². The molecule has 1 N–H and O–H groups in total. The van der Waals surface area contributed by atoms with E-state index in [0.29, 0.717) is 6.42 Å².